The predicted octanol–water partition coefficient (Wildman–Crippen LogP) is 5.28. The van der Waals surface area contributed by atoms with Crippen molar-refractivity contribution >= 4 is 23.3 Å². The quantitative estimate of drug-likeness (QED) is 0.652. The summed E-state index contributed by atoms with van der Waals surface area (Å²) in [7, 11) is 0. The first-order valence-corrected chi connectivity index (χ1v) is 9.80. The molecule has 144 valence electrons. The average Bonchev–Trinajstić information content (AvgIpc) is 2.64. The number of carbonyl (C=O) groups is 1. The SMILES string of the molecule is CCOC(=O)Cc1ccc(N2CCC(c3ccc(Cl)c(C)c3)CC2)c(F)c1. The van der Waals surface area contributed by atoms with E-state index in [4.69, 9.17) is 16.3 Å². The van der Waals surface area contributed by atoms with Crippen LogP contribution in [-0.2, 0) is 16.0 Å². The Kier molecular flexibility index (Phi) is 6.38. The minimum Gasteiger partial charge on any atom is -0.466 e. The summed E-state index contributed by atoms with van der Waals surface area (Å²) in [6.45, 7) is 5.73. The van der Waals surface area contributed by atoms with Crippen LogP contribution in [0.3, 0.4) is 0 Å². The van der Waals surface area contributed by atoms with E-state index < -0.39 is 0 Å². The van der Waals surface area contributed by atoms with Gasteiger partial charge in [-0.05, 0) is 67.5 Å². The summed E-state index contributed by atoms with van der Waals surface area (Å²) in [6.07, 6.45) is 2.05. The lowest BCUT2D eigenvalue weighted by Gasteiger charge is -2.34. The van der Waals surface area contributed by atoms with Crippen molar-refractivity contribution in [3.8, 4) is 0 Å². The normalized spacial score (nSPS) is 15.0. The lowest BCUT2D eigenvalue weighted by Crippen LogP contribution is -2.33. The molecule has 1 fully saturated rings. The Hall–Kier alpha value is -2.07. The van der Waals surface area contributed by atoms with Crippen LogP contribution in [0.1, 0.15) is 42.4 Å². The molecule has 0 amide bonds. The van der Waals surface area contributed by atoms with Gasteiger partial charge in [0.1, 0.15) is 5.82 Å². The molecule has 0 atom stereocenters. The summed E-state index contributed by atoms with van der Waals surface area (Å²) in [4.78, 5) is 13.6. The van der Waals surface area contributed by atoms with Crippen LogP contribution in [0.5, 0.6) is 0 Å². The van der Waals surface area contributed by atoms with E-state index in [9.17, 15) is 9.18 Å². The highest BCUT2D eigenvalue weighted by atomic mass is 35.5. The maximum Gasteiger partial charge on any atom is 0.310 e. The van der Waals surface area contributed by atoms with Gasteiger partial charge < -0.3 is 9.64 Å². The fourth-order valence-corrected chi connectivity index (χ4v) is 3.79. The zero-order chi connectivity index (χ0) is 19.4. The van der Waals surface area contributed by atoms with Crippen molar-refractivity contribution in [1.29, 1.82) is 0 Å². The molecule has 5 heteroatoms. The van der Waals surface area contributed by atoms with E-state index in [0.717, 1.165) is 36.5 Å². The van der Waals surface area contributed by atoms with Gasteiger partial charge in [0.15, 0.2) is 0 Å². The Morgan fingerprint density at radius 1 is 1.22 bits per heavy atom. The van der Waals surface area contributed by atoms with Crippen molar-refractivity contribution in [2.24, 2.45) is 0 Å². The smallest absolute Gasteiger partial charge is 0.310 e. The monoisotopic (exact) mass is 389 g/mol. The molecule has 3 nitrogen and oxygen atoms in total. The number of halogens is 2. The highest BCUT2D eigenvalue weighted by molar-refractivity contribution is 6.31. The van der Waals surface area contributed by atoms with Gasteiger partial charge in [-0.1, -0.05) is 29.8 Å². The topological polar surface area (TPSA) is 29.5 Å². The molecule has 0 spiro atoms. The minimum atomic E-state index is -0.330. The molecule has 1 aliphatic rings. The van der Waals surface area contributed by atoms with Gasteiger partial charge in [-0.3, -0.25) is 4.79 Å². The number of hydrogen-bond acceptors (Lipinski definition) is 3. The molecule has 0 radical (unpaired) electrons. The fourth-order valence-electron chi connectivity index (χ4n) is 3.67. The van der Waals surface area contributed by atoms with Gasteiger partial charge in [0, 0.05) is 18.1 Å². The third kappa shape index (κ3) is 4.81. The molecular formula is C22H25ClFNO2. The van der Waals surface area contributed by atoms with E-state index in [1.807, 2.05) is 19.1 Å². The number of esters is 1. The molecular weight excluding hydrogens is 365 g/mol. The van der Waals surface area contributed by atoms with E-state index in [1.165, 1.54) is 11.6 Å². The summed E-state index contributed by atoms with van der Waals surface area (Å²) in [5.41, 5.74) is 3.65. The highest BCUT2D eigenvalue weighted by Gasteiger charge is 2.23. The molecule has 27 heavy (non-hydrogen) atoms. The first-order chi connectivity index (χ1) is 13.0. The summed E-state index contributed by atoms with van der Waals surface area (Å²) < 4.78 is 19.5. The number of nitrogens with zero attached hydrogens (tertiary/aromatic N) is 1. The number of carbonyl (C=O) groups excluding carboxylic acids is 1. The number of hydrogen-bond donors (Lipinski definition) is 0. The van der Waals surface area contributed by atoms with Crippen molar-refractivity contribution < 1.29 is 13.9 Å². The van der Waals surface area contributed by atoms with Crippen molar-refractivity contribution in [3.05, 3.63) is 63.9 Å². The summed E-state index contributed by atoms with van der Waals surface area (Å²) in [5.74, 6) is -0.135. The number of ether oxygens (including phenoxy) is 1. The zero-order valence-corrected chi connectivity index (χ0v) is 16.6. The Balaban J connectivity index is 1.63. The van der Waals surface area contributed by atoms with E-state index in [1.54, 1.807) is 13.0 Å². The molecule has 2 aromatic rings. The number of benzene rings is 2. The highest BCUT2D eigenvalue weighted by Crippen LogP contribution is 2.33. The third-order valence-corrected chi connectivity index (χ3v) is 5.58. The summed E-state index contributed by atoms with van der Waals surface area (Å²) in [5, 5.41) is 0.793. The second-order valence-electron chi connectivity index (χ2n) is 7.04. The van der Waals surface area contributed by atoms with Crippen LogP contribution < -0.4 is 4.90 Å². The molecule has 1 heterocycles. The van der Waals surface area contributed by atoms with Crippen LogP contribution in [-0.4, -0.2) is 25.7 Å². The minimum absolute atomic E-state index is 0.100. The van der Waals surface area contributed by atoms with Crippen LogP contribution >= 0.6 is 11.6 Å². The molecule has 0 bridgehead atoms. The second-order valence-corrected chi connectivity index (χ2v) is 7.44. The van der Waals surface area contributed by atoms with Gasteiger partial charge in [-0.2, -0.15) is 0 Å². The van der Waals surface area contributed by atoms with Gasteiger partial charge in [0.2, 0.25) is 0 Å². The van der Waals surface area contributed by atoms with Crippen molar-refractivity contribution in [2.75, 3.05) is 24.6 Å². The molecule has 0 aliphatic carbocycles. The van der Waals surface area contributed by atoms with Gasteiger partial charge >= 0.3 is 5.97 Å². The molecule has 1 aliphatic heterocycles. The second kappa shape index (κ2) is 8.75. The standard InChI is InChI=1S/C22H25ClFNO2/c1-3-27-22(26)14-16-4-7-21(20(24)13-16)25-10-8-17(9-11-25)18-5-6-19(23)15(2)12-18/h4-7,12-13,17H,3,8-11,14H2,1-2H3. The number of anilines is 1. The lowest BCUT2D eigenvalue weighted by atomic mass is 9.88. The molecule has 0 aromatic heterocycles. The predicted molar refractivity (Wildman–Crippen MR) is 107 cm³/mol. The largest absolute Gasteiger partial charge is 0.466 e. The average molecular weight is 390 g/mol. The molecule has 1 saturated heterocycles. The summed E-state index contributed by atoms with van der Waals surface area (Å²) >= 11 is 6.12. The van der Waals surface area contributed by atoms with Crippen LogP contribution in [0.25, 0.3) is 0 Å². The lowest BCUT2D eigenvalue weighted by molar-refractivity contribution is -0.142. The first-order valence-electron chi connectivity index (χ1n) is 9.43. The third-order valence-electron chi connectivity index (χ3n) is 5.15. The van der Waals surface area contributed by atoms with E-state index >= 15 is 0 Å². The zero-order valence-electron chi connectivity index (χ0n) is 15.8. The van der Waals surface area contributed by atoms with Crippen LogP contribution in [0.2, 0.25) is 5.02 Å². The van der Waals surface area contributed by atoms with Gasteiger partial charge in [0.05, 0.1) is 18.7 Å². The molecule has 0 unspecified atom stereocenters. The van der Waals surface area contributed by atoms with E-state index in [0.29, 0.717) is 23.8 Å². The van der Waals surface area contributed by atoms with Crippen LogP contribution in [0.15, 0.2) is 36.4 Å². The van der Waals surface area contributed by atoms with Crippen molar-refractivity contribution in [2.45, 2.75) is 39.0 Å². The Morgan fingerprint density at radius 3 is 2.59 bits per heavy atom. The van der Waals surface area contributed by atoms with Gasteiger partial charge in [-0.25, -0.2) is 4.39 Å². The van der Waals surface area contributed by atoms with Gasteiger partial charge in [-0.15, -0.1) is 0 Å². The Morgan fingerprint density at radius 2 is 1.96 bits per heavy atom. The maximum absolute atomic E-state index is 14.6. The van der Waals surface area contributed by atoms with E-state index in [-0.39, 0.29) is 18.2 Å². The number of rotatable bonds is 5. The molecule has 0 saturated carbocycles. The van der Waals surface area contributed by atoms with Crippen molar-refractivity contribution in [3.63, 3.8) is 0 Å². The first kappa shape index (κ1) is 19.7. The van der Waals surface area contributed by atoms with Gasteiger partial charge in [0.25, 0.3) is 0 Å². The fraction of sp³-hybridized carbons (Fsp3) is 0.409. The molecule has 2 aromatic carbocycles. The summed E-state index contributed by atoms with van der Waals surface area (Å²) in [6, 6.07) is 11.2. The van der Waals surface area contributed by atoms with Crippen LogP contribution in [0.4, 0.5) is 10.1 Å². The number of aryl methyl sites for hydroxylation is 1. The number of piperidine rings is 1. The molecule has 0 N–H and O–H groups in total. The maximum atomic E-state index is 14.6. The molecule has 3 rings (SSSR count). The Bertz CT molecular complexity index is 816. The van der Waals surface area contributed by atoms with Crippen LogP contribution in [0, 0.1) is 12.7 Å². The van der Waals surface area contributed by atoms with Crippen molar-refractivity contribution in [1.82, 2.24) is 0 Å². The van der Waals surface area contributed by atoms with E-state index in [2.05, 4.69) is 17.0 Å². The Labute approximate surface area is 165 Å².